The van der Waals surface area contributed by atoms with Crippen molar-refractivity contribution < 1.29 is 9.32 Å². The quantitative estimate of drug-likeness (QED) is 0.259. The van der Waals surface area contributed by atoms with Crippen molar-refractivity contribution >= 4 is 44.2 Å². The van der Waals surface area contributed by atoms with Gasteiger partial charge in [-0.3, -0.25) is 9.69 Å². The van der Waals surface area contributed by atoms with E-state index in [0.717, 1.165) is 26.9 Å². The van der Waals surface area contributed by atoms with Crippen LogP contribution in [0.2, 0.25) is 5.02 Å². The van der Waals surface area contributed by atoms with Gasteiger partial charge in [0, 0.05) is 5.56 Å². The molecule has 0 atom stereocenters. The van der Waals surface area contributed by atoms with Crippen molar-refractivity contribution in [3.8, 4) is 11.3 Å². The van der Waals surface area contributed by atoms with Gasteiger partial charge in [0.15, 0.2) is 5.13 Å². The van der Waals surface area contributed by atoms with E-state index in [1.807, 2.05) is 55.5 Å². The predicted octanol–water partition coefficient (Wildman–Crippen LogP) is 7.38. The van der Waals surface area contributed by atoms with Crippen molar-refractivity contribution in [1.29, 1.82) is 0 Å². The summed E-state index contributed by atoms with van der Waals surface area (Å²) < 4.78 is 6.56. The number of amides is 1. The number of thiazole rings is 1. The molecule has 34 heavy (non-hydrogen) atoms. The summed E-state index contributed by atoms with van der Waals surface area (Å²) in [7, 11) is 0. The van der Waals surface area contributed by atoms with Crippen LogP contribution in [0.15, 0.2) is 71.3 Å². The zero-order valence-corrected chi connectivity index (χ0v) is 20.6. The minimum Gasteiger partial charge on any atom is -0.360 e. The summed E-state index contributed by atoms with van der Waals surface area (Å²) in [6.45, 7) is 6.21. The highest BCUT2D eigenvalue weighted by molar-refractivity contribution is 7.22. The number of hydrogen-bond donors (Lipinski definition) is 0. The smallest absolute Gasteiger partial charge is 0.266 e. The third kappa shape index (κ3) is 4.00. The minimum absolute atomic E-state index is 0.230. The molecule has 5 nitrogen and oxygen atoms in total. The fourth-order valence-electron chi connectivity index (χ4n) is 3.95. The highest BCUT2D eigenvalue weighted by Gasteiger charge is 2.30. The van der Waals surface area contributed by atoms with Crippen molar-refractivity contribution in [3.63, 3.8) is 0 Å². The Bertz CT molecular complexity index is 1470. The van der Waals surface area contributed by atoms with E-state index in [9.17, 15) is 4.79 Å². The van der Waals surface area contributed by atoms with Crippen molar-refractivity contribution in [2.24, 2.45) is 0 Å². The molecule has 0 spiro atoms. The van der Waals surface area contributed by atoms with E-state index in [1.54, 1.807) is 17.9 Å². The average Bonchev–Trinajstić information content (AvgIpc) is 3.45. The van der Waals surface area contributed by atoms with Crippen molar-refractivity contribution in [2.45, 2.75) is 27.3 Å². The molecule has 0 saturated carbocycles. The maximum atomic E-state index is 14.1. The van der Waals surface area contributed by atoms with Crippen LogP contribution in [0.5, 0.6) is 0 Å². The van der Waals surface area contributed by atoms with E-state index < -0.39 is 0 Å². The molecule has 0 bridgehead atoms. The second-order valence-corrected chi connectivity index (χ2v) is 9.58. The molecule has 0 unspecified atom stereocenters. The molecule has 2 aromatic heterocycles. The summed E-state index contributed by atoms with van der Waals surface area (Å²) in [5.74, 6) is 0.207. The van der Waals surface area contributed by atoms with E-state index in [-0.39, 0.29) is 5.91 Å². The maximum absolute atomic E-state index is 14.1. The number of fused-ring (bicyclic) bond motifs is 1. The third-order valence-corrected chi connectivity index (χ3v) is 7.34. The summed E-state index contributed by atoms with van der Waals surface area (Å²) in [4.78, 5) is 20.7. The number of hydrogen-bond acceptors (Lipinski definition) is 5. The number of halogens is 1. The van der Waals surface area contributed by atoms with E-state index in [1.165, 1.54) is 11.3 Å². The van der Waals surface area contributed by atoms with Gasteiger partial charge >= 0.3 is 0 Å². The summed E-state index contributed by atoms with van der Waals surface area (Å²) in [6, 6.07) is 21.3. The van der Waals surface area contributed by atoms with Gasteiger partial charge in [0.2, 0.25) is 0 Å². The molecular formula is C27H22ClN3O2S. The normalized spacial score (nSPS) is 11.2. The van der Waals surface area contributed by atoms with Gasteiger partial charge in [-0.15, -0.1) is 0 Å². The molecule has 7 heteroatoms. The van der Waals surface area contributed by atoms with Gasteiger partial charge in [-0.2, -0.15) is 0 Å². The van der Waals surface area contributed by atoms with Crippen molar-refractivity contribution in [2.75, 3.05) is 4.90 Å². The van der Waals surface area contributed by atoms with Gasteiger partial charge in [0.1, 0.15) is 17.0 Å². The lowest BCUT2D eigenvalue weighted by molar-refractivity contribution is 0.0984. The number of benzene rings is 3. The van der Waals surface area contributed by atoms with Crippen molar-refractivity contribution in [1.82, 2.24) is 10.1 Å². The summed E-state index contributed by atoms with van der Waals surface area (Å²) in [5.41, 5.74) is 5.59. The molecule has 2 heterocycles. The minimum atomic E-state index is -0.230. The molecule has 170 valence electrons. The Labute approximate surface area is 206 Å². The Balaban J connectivity index is 1.66. The Kier molecular flexibility index (Phi) is 5.94. The number of nitrogens with zero attached hydrogens (tertiary/aromatic N) is 3. The first kappa shape index (κ1) is 22.3. The van der Waals surface area contributed by atoms with Gasteiger partial charge in [-0.1, -0.05) is 88.8 Å². The lowest BCUT2D eigenvalue weighted by atomic mass is 10.0. The number of carbonyl (C=O) groups excluding carboxylic acids is 1. The largest absolute Gasteiger partial charge is 0.360 e. The van der Waals surface area contributed by atoms with Crippen LogP contribution in [-0.2, 0) is 6.54 Å². The Morgan fingerprint density at radius 3 is 2.41 bits per heavy atom. The van der Waals surface area contributed by atoms with Crippen LogP contribution in [0.3, 0.4) is 0 Å². The van der Waals surface area contributed by atoms with Crippen LogP contribution >= 0.6 is 22.9 Å². The SMILES string of the molecule is Cc1onc(-c2ccccc2Cl)c1C(=O)N(Cc1ccccc1)c1nc2c(C)ccc(C)c2s1. The van der Waals surface area contributed by atoms with Crippen LogP contribution in [0, 0.1) is 20.8 Å². The number of aryl methyl sites for hydroxylation is 3. The highest BCUT2D eigenvalue weighted by atomic mass is 35.5. The highest BCUT2D eigenvalue weighted by Crippen LogP contribution is 2.37. The third-order valence-electron chi connectivity index (χ3n) is 5.80. The topological polar surface area (TPSA) is 59.2 Å². The molecule has 0 aliphatic heterocycles. The summed E-state index contributed by atoms with van der Waals surface area (Å²) >= 11 is 7.96. The number of carbonyl (C=O) groups is 1. The van der Waals surface area contributed by atoms with Crippen LogP contribution in [0.25, 0.3) is 21.5 Å². The van der Waals surface area contributed by atoms with Gasteiger partial charge < -0.3 is 4.52 Å². The lowest BCUT2D eigenvalue weighted by Gasteiger charge is -2.20. The molecule has 0 fully saturated rings. The first-order valence-electron chi connectivity index (χ1n) is 10.9. The first-order chi connectivity index (χ1) is 16.4. The Morgan fingerprint density at radius 2 is 1.68 bits per heavy atom. The van der Waals surface area contributed by atoms with E-state index in [2.05, 4.69) is 24.2 Å². The predicted molar refractivity (Wildman–Crippen MR) is 138 cm³/mol. The second-order valence-electron chi connectivity index (χ2n) is 8.19. The molecule has 0 N–H and O–H groups in total. The van der Waals surface area contributed by atoms with Crippen LogP contribution in [0.4, 0.5) is 5.13 Å². The summed E-state index contributed by atoms with van der Waals surface area (Å²) in [5, 5.41) is 5.33. The summed E-state index contributed by atoms with van der Waals surface area (Å²) in [6.07, 6.45) is 0. The Hall–Kier alpha value is -3.48. The zero-order valence-electron chi connectivity index (χ0n) is 19.0. The molecule has 1 amide bonds. The average molecular weight is 488 g/mol. The fourth-order valence-corrected chi connectivity index (χ4v) is 5.29. The molecule has 0 aliphatic rings. The molecule has 0 saturated heterocycles. The van der Waals surface area contributed by atoms with E-state index in [0.29, 0.717) is 39.3 Å². The van der Waals surface area contributed by atoms with Gasteiger partial charge in [-0.25, -0.2) is 4.98 Å². The molecule has 5 rings (SSSR count). The van der Waals surface area contributed by atoms with Gasteiger partial charge in [0.25, 0.3) is 5.91 Å². The number of rotatable bonds is 5. The zero-order chi connectivity index (χ0) is 23.8. The van der Waals surface area contributed by atoms with E-state index >= 15 is 0 Å². The van der Waals surface area contributed by atoms with Gasteiger partial charge in [0.05, 0.1) is 21.8 Å². The fraction of sp³-hybridized carbons (Fsp3) is 0.148. The van der Waals surface area contributed by atoms with Crippen LogP contribution in [0.1, 0.15) is 32.8 Å². The Morgan fingerprint density at radius 1 is 0.971 bits per heavy atom. The number of anilines is 1. The first-order valence-corrected chi connectivity index (χ1v) is 12.1. The molecule has 0 radical (unpaired) electrons. The van der Waals surface area contributed by atoms with Crippen LogP contribution in [-0.4, -0.2) is 16.0 Å². The molecule has 5 aromatic rings. The standard InChI is InChI=1S/C27H22ClN3O2S/c1-16-13-14-17(2)25-23(16)29-27(34-25)31(15-19-9-5-4-6-10-19)26(32)22-18(3)33-30-24(22)20-11-7-8-12-21(20)28/h4-14H,15H2,1-3H3. The molecule has 3 aromatic carbocycles. The lowest BCUT2D eigenvalue weighted by Crippen LogP contribution is -2.31. The molecule has 0 aliphatic carbocycles. The van der Waals surface area contributed by atoms with Crippen LogP contribution < -0.4 is 4.90 Å². The monoisotopic (exact) mass is 487 g/mol. The van der Waals surface area contributed by atoms with Gasteiger partial charge in [-0.05, 0) is 43.5 Å². The number of aromatic nitrogens is 2. The maximum Gasteiger partial charge on any atom is 0.266 e. The second kappa shape index (κ2) is 9.05. The molecular weight excluding hydrogens is 466 g/mol. The van der Waals surface area contributed by atoms with E-state index in [4.69, 9.17) is 21.1 Å². The van der Waals surface area contributed by atoms with Crippen molar-refractivity contribution in [3.05, 3.63) is 99.8 Å².